The Bertz CT molecular complexity index is 916. The molecule has 0 aliphatic heterocycles. The fourth-order valence-electron chi connectivity index (χ4n) is 2.63. The number of carbonyl (C=O) groups is 1. The Balaban J connectivity index is 1.84. The van der Waals surface area contributed by atoms with E-state index < -0.39 is 0 Å². The molecule has 0 bridgehead atoms. The maximum absolute atomic E-state index is 12.2. The van der Waals surface area contributed by atoms with Crippen LogP contribution in [-0.2, 0) is 0 Å². The molecule has 0 saturated heterocycles. The lowest BCUT2D eigenvalue weighted by Crippen LogP contribution is -2.18. The molecule has 1 amide bonds. The van der Waals surface area contributed by atoms with Gasteiger partial charge in [-0.3, -0.25) is 4.79 Å². The monoisotopic (exact) mass is 318 g/mol. The summed E-state index contributed by atoms with van der Waals surface area (Å²) in [7, 11) is 1.65. The number of carbonyl (C=O) groups excluding carboxylic acids is 1. The molecule has 120 valence electrons. The molecule has 0 spiro atoms. The fourth-order valence-corrected chi connectivity index (χ4v) is 2.63. The van der Waals surface area contributed by atoms with Crippen LogP contribution in [0.25, 0.3) is 10.8 Å². The normalized spacial score (nSPS) is 10.9. The molecule has 0 heterocycles. The van der Waals surface area contributed by atoms with Crippen molar-refractivity contribution in [2.45, 2.75) is 6.92 Å². The molecule has 0 aliphatic carbocycles. The summed E-state index contributed by atoms with van der Waals surface area (Å²) in [6.45, 7) is 1.90. The quantitative estimate of drug-likeness (QED) is 0.585. The van der Waals surface area contributed by atoms with Crippen molar-refractivity contribution in [1.82, 2.24) is 5.43 Å². The van der Waals surface area contributed by atoms with E-state index in [0.29, 0.717) is 5.56 Å². The molecule has 4 heteroatoms. The van der Waals surface area contributed by atoms with Gasteiger partial charge in [0.25, 0.3) is 5.91 Å². The largest absolute Gasteiger partial charge is 0.496 e. The molecule has 1 N–H and O–H groups in total. The molecule has 3 aromatic carbocycles. The lowest BCUT2D eigenvalue weighted by molar-refractivity contribution is 0.0954. The second kappa shape index (κ2) is 6.96. The Labute approximate surface area is 140 Å². The number of fused-ring (bicyclic) bond motifs is 1. The second-order valence-corrected chi connectivity index (χ2v) is 5.42. The Kier molecular flexibility index (Phi) is 4.57. The molecule has 3 aromatic rings. The van der Waals surface area contributed by atoms with Crippen molar-refractivity contribution < 1.29 is 9.53 Å². The zero-order chi connectivity index (χ0) is 16.9. The number of methoxy groups -OCH3 is 1. The molecule has 0 unspecified atom stereocenters. The highest BCUT2D eigenvalue weighted by Crippen LogP contribution is 2.27. The average Bonchev–Trinajstić information content (AvgIpc) is 2.62. The van der Waals surface area contributed by atoms with Gasteiger partial charge < -0.3 is 4.74 Å². The highest BCUT2D eigenvalue weighted by Gasteiger charge is 2.07. The van der Waals surface area contributed by atoms with E-state index in [4.69, 9.17) is 4.74 Å². The second-order valence-electron chi connectivity index (χ2n) is 5.42. The van der Waals surface area contributed by atoms with Gasteiger partial charge in [-0.25, -0.2) is 5.43 Å². The summed E-state index contributed by atoms with van der Waals surface area (Å²) in [4.78, 5) is 12.2. The zero-order valence-electron chi connectivity index (χ0n) is 13.6. The highest BCUT2D eigenvalue weighted by atomic mass is 16.5. The summed E-state index contributed by atoms with van der Waals surface area (Å²) in [6.07, 6.45) is 1.65. The maximum atomic E-state index is 12.2. The van der Waals surface area contributed by atoms with E-state index in [1.54, 1.807) is 19.4 Å². The van der Waals surface area contributed by atoms with E-state index >= 15 is 0 Å². The minimum Gasteiger partial charge on any atom is -0.496 e. The van der Waals surface area contributed by atoms with Crippen molar-refractivity contribution in [3.63, 3.8) is 0 Å². The summed E-state index contributed by atoms with van der Waals surface area (Å²) in [5, 5.41) is 6.13. The van der Waals surface area contributed by atoms with Crippen LogP contribution in [0.4, 0.5) is 0 Å². The van der Waals surface area contributed by atoms with Gasteiger partial charge in [-0.1, -0.05) is 42.5 Å². The number of nitrogens with zero attached hydrogens (tertiary/aromatic N) is 1. The van der Waals surface area contributed by atoms with Crippen molar-refractivity contribution in [3.8, 4) is 5.75 Å². The van der Waals surface area contributed by atoms with Crippen LogP contribution in [0.1, 0.15) is 21.5 Å². The molecule has 0 atom stereocenters. The predicted molar refractivity (Wildman–Crippen MR) is 96.7 cm³/mol. The summed E-state index contributed by atoms with van der Waals surface area (Å²) in [5.41, 5.74) is 5.03. The number of hydrogen-bond donors (Lipinski definition) is 1. The number of ether oxygens (including phenoxy) is 1. The van der Waals surface area contributed by atoms with Gasteiger partial charge in [0.15, 0.2) is 0 Å². The van der Waals surface area contributed by atoms with Gasteiger partial charge in [0.05, 0.1) is 13.3 Å². The number of nitrogens with one attached hydrogen (secondary N) is 1. The van der Waals surface area contributed by atoms with Crippen molar-refractivity contribution in [1.29, 1.82) is 0 Å². The Morgan fingerprint density at radius 2 is 1.71 bits per heavy atom. The number of aryl methyl sites for hydroxylation is 1. The molecule has 0 aliphatic rings. The minimum atomic E-state index is -0.220. The summed E-state index contributed by atoms with van der Waals surface area (Å²) >= 11 is 0. The lowest BCUT2D eigenvalue weighted by atomic mass is 10.0. The Morgan fingerprint density at radius 3 is 2.46 bits per heavy atom. The van der Waals surface area contributed by atoms with Gasteiger partial charge in [-0.15, -0.1) is 0 Å². The first kappa shape index (κ1) is 15.7. The molecule has 0 fully saturated rings. The van der Waals surface area contributed by atoms with Crippen LogP contribution in [0.3, 0.4) is 0 Å². The molecule has 4 nitrogen and oxygen atoms in total. The smallest absolute Gasteiger partial charge is 0.271 e. The first-order valence-corrected chi connectivity index (χ1v) is 7.65. The van der Waals surface area contributed by atoms with Crippen LogP contribution in [-0.4, -0.2) is 19.2 Å². The number of amides is 1. The van der Waals surface area contributed by atoms with Crippen LogP contribution in [0.5, 0.6) is 5.75 Å². The van der Waals surface area contributed by atoms with E-state index in [2.05, 4.69) is 10.5 Å². The fraction of sp³-hybridized carbons (Fsp3) is 0.100. The SMILES string of the molecule is COc1ccc(C=NNC(=O)c2ccccc2C)c2ccccc12. The van der Waals surface area contributed by atoms with Crippen molar-refractivity contribution >= 4 is 22.9 Å². The van der Waals surface area contributed by atoms with E-state index in [1.807, 2.05) is 61.5 Å². The third-order valence-electron chi connectivity index (χ3n) is 3.90. The van der Waals surface area contributed by atoms with Crippen LogP contribution in [0.15, 0.2) is 65.8 Å². The van der Waals surface area contributed by atoms with E-state index in [-0.39, 0.29) is 5.91 Å². The molecule has 0 aromatic heterocycles. The van der Waals surface area contributed by atoms with Gasteiger partial charge in [-0.05, 0) is 36.1 Å². The van der Waals surface area contributed by atoms with Crippen LogP contribution in [0, 0.1) is 6.92 Å². The molecule has 0 radical (unpaired) electrons. The minimum absolute atomic E-state index is 0.220. The van der Waals surface area contributed by atoms with E-state index in [1.165, 1.54) is 0 Å². The zero-order valence-corrected chi connectivity index (χ0v) is 13.6. The molecule has 24 heavy (non-hydrogen) atoms. The average molecular weight is 318 g/mol. The molecule has 0 saturated carbocycles. The van der Waals surface area contributed by atoms with Gasteiger partial charge >= 0.3 is 0 Å². The number of hydrogen-bond acceptors (Lipinski definition) is 3. The summed E-state index contributed by atoms with van der Waals surface area (Å²) in [6, 6.07) is 19.2. The molecule has 3 rings (SSSR count). The highest BCUT2D eigenvalue weighted by molar-refractivity contribution is 6.03. The Hall–Kier alpha value is -3.14. The summed E-state index contributed by atoms with van der Waals surface area (Å²) in [5.74, 6) is 0.592. The first-order chi connectivity index (χ1) is 11.7. The third kappa shape index (κ3) is 3.13. The number of hydrazone groups is 1. The van der Waals surface area contributed by atoms with Crippen molar-refractivity contribution in [2.24, 2.45) is 5.10 Å². The number of benzene rings is 3. The van der Waals surface area contributed by atoms with E-state index in [9.17, 15) is 4.79 Å². The summed E-state index contributed by atoms with van der Waals surface area (Å²) < 4.78 is 5.38. The number of rotatable bonds is 4. The van der Waals surface area contributed by atoms with Gasteiger partial charge in [0, 0.05) is 16.5 Å². The Morgan fingerprint density at radius 1 is 1.00 bits per heavy atom. The third-order valence-corrected chi connectivity index (χ3v) is 3.90. The molecular weight excluding hydrogens is 300 g/mol. The van der Waals surface area contributed by atoms with Crippen molar-refractivity contribution in [2.75, 3.05) is 7.11 Å². The predicted octanol–water partition coefficient (Wildman–Crippen LogP) is 3.92. The van der Waals surface area contributed by atoms with E-state index in [0.717, 1.165) is 27.6 Å². The van der Waals surface area contributed by atoms with Gasteiger partial charge in [0.2, 0.25) is 0 Å². The first-order valence-electron chi connectivity index (χ1n) is 7.65. The van der Waals surface area contributed by atoms with Crippen LogP contribution in [0.2, 0.25) is 0 Å². The van der Waals surface area contributed by atoms with Crippen LogP contribution >= 0.6 is 0 Å². The van der Waals surface area contributed by atoms with Gasteiger partial charge in [-0.2, -0.15) is 5.10 Å². The molecular formula is C20H18N2O2. The van der Waals surface area contributed by atoms with Crippen molar-refractivity contribution in [3.05, 3.63) is 77.4 Å². The lowest BCUT2D eigenvalue weighted by Gasteiger charge is -2.07. The topological polar surface area (TPSA) is 50.7 Å². The van der Waals surface area contributed by atoms with Crippen LogP contribution < -0.4 is 10.2 Å². The van der Waals surface area contributed by atoms with Gasteiger partial charge in [0.1, 0.15) is 5.75 Å². The standard InChI is InChI=1S/C20H18N2O2/c1-14-7-3-4-8-16(14)20(23)22-21-13-15-11-12-19(24-2)18-10-6-5-9-17(15)18/h3-13H,1-2H3,(H,22,23). The maximum Gasteiger partial charge on any atom is 0.271 e.